The fourth-order valence-corrected chi connectivity index (χ4v) is 5.25. The van der Waals surface area contributed by atoms with Crippen molar-refractivity contribution in [2.75, 3.05) is 6.61 Å². The van der Waals surface area contributed by atoms with Gasteiger partial charge >= 0.3 is 11.9 Å². The molecule has 0 saturated heterocycles. The Morgan fingerprint density at radius 3 is 1.12 bits per heavy atom. The zero-order chi connectivity index (χ0) is 29.9. The van der Waals surface area contributed by atoms with Crippen LogP contribution < -0.4 is 0 Å². The number of hydrogen-bond donors (Lipinski definition) is 1. The number of unbranched alkanes of at least 4 members (excludes halogenated alkanes) is 23. The second-order valence-corrected chi connectivity index (χ2v) is 11.9. The van der Waals surface area contributed by atoms with Crippen LogP contribution in [-0.4, -0.2) is 23.7 Å². The molecule has 0 rings (SSSR count). The molecule has 1 N–H and O–H groups in total. The molecular formula is C36H72O4. The smallest absolute Gasteiger partial charge is 0.306 e. The third kappa shape index (κ3) is 35.0. The monoisotopic (exact) mass is 569 g/mol. The van der Waals surface area contributed by atoms with Gasteiger partial charge in [-0.05, 0) is 26.2 Å². The summed E-state index contributed by atoms with van der Waals surface area (Å²) in [6.45, 7) is 8.88. The highest BCUT2D eigenvalue weighted by atomic mass is 16.5. The van der Waals surface area contributed by atoms with Crippen molar-refractivity contribution in [3.63, 3.8) is 0 Å². The summed E-state index contributed by atoms with van der Waals surface area (Å²) in [4.78, 5) is 22.0. The number of carboxylic acid groups (broad SMARTS) is 1. The van der Waals surface area contributed by atoms with Gasteiger partial charge in [0.05, 0.1) is 12.5 Å². The van der Waals surface area contributed by atoms with Gasteiger partial charge < -0.3 is 9.84 Å². The standard InChI is InChI=1S/2C18H36O2/c1-3-5-6-7-8-9-10-11-12-13-14-15-16-17-18(19)20-4-2;1-3-5-6-7-8-9-10-11-12-13-14-15-16-17(4-2)18(19)20/h3-17H2,1-2H3;17H,3-16H2,1-2H3,(H,19,20). The zero-order valence-corrected chi connectivity index (χ0v) is 27.8. The van der Waals surface area contributed by atoms with Crippen LogP contribution in [0, 0.1) is 5.92 Å². The number of rotatable bonds is 30. The Kier molecular flexibility index (Phi) is 36.9. The van der Waals surface area contributed by atoms with E-state index in [-0.39, 0.29) is 11.9 Å². The van der Waals surface area contributed by atoms with Gasteiger partial charge in [0.15, 0.2) is 0 Å². The largest absolute Gasteiger partial charge is 0.481 e. The van der Waals surface area contributed by atoms with Crippen molar-refractivity contribution >= 4 is 11.9 Å². The van der Waals surface area contributed by atoms with Gasteiger partial charge in [-0.2, -0.15) is 0 Å². The summed E-state index contributed by atoms with van der Waals surface area (Å²) in [5, 5.41) is 8.95. The van der Waals surface area contributed by atoms with Gasteiger partial charge in [0.1, 0.15) is 0 Å². The summed E-state index contributed by atoms with van der Waals surface area (Å²) in [5.74, 6) is -0.760. The normalized spacial score (nSPS) is 11.6. The molecule has 0 heterocycles. The van der Waals surface area contributed by atoms with E-state index in [1.165, 1.54) is 148 Å². The van der Waals surface area contributed by atoms with Gasteiger partial charge in [0, 0.05) is 6.42 Å². The summed E-state index contributed by atoms with van der Waals surface area (Å²) >= 11 is 0. The lowest BCUT2D eigenvalue weighted by Gasteiger charge is -2.08. The van der Waals surface area contributed by atoms with Crippen LogP contribution >= 0.6 is 0 Å². The Labute approximate surface area is 251 Å². The molecule has 4 heteroatoms. The fraction of sp³-hybridized carbons (Fsp3) is 0.944. The Bertz CT molecular complexity index is 503. The molecule has 0 aliphatic rings. The molecule has 0 saturated carbocycles. The molecule has 1 atom stereocenters. The zero-order valence-electron chi connectivity index (χ0n) is 27.8. The van der Waals surface area contributed by atoms with E-state index < -0.39 is 5.97 Å². The van der Waals surface area contributed by atoms with Crippen molar-refractivity contribution in [1.82, 2.24) is 0 Å². The quantitative estimate of drug-likeness (QED) is 0.0691. The van der Waals surface area contributed by atoms with Crippen molar-refractivity contribution in [1.29, 1.82) is 0 Å². The molecule has 4 nitrogen and oxygen atoms in total. The van der Waals surface area contributed by atoms with E-state index in [9.17, 15) is 9.59 Å². The third-order valence-corrected chi connectivity index (χ3v) is 8.04. The Morgan fingerprint density at radius 1 is 0.500 bits per heavy atom. The lowest BCUT2D eigenvalue weighted by Crippen LogP contribution is -2.12. The Balaban J connectivity index is 0. The van der Waals surface area contributed by atoms with Crippen molar-refractivity contribution in [2.24, 2.45) is 5.92 Å². The average molecular weight is 569 g/mol. The van der Waals surface area contributed by atoms with Crippen LogP contribution in [0.5, 0.6) is 0 Å². The number of carboxylic acids is 1. The molecule has 0 aliphatic carbocycles. The van der Waals surface area contributed by atoms with Crippen molar-refractivity contribution < 1.29 is 19.4 Å². The highest BCUT2D eigenvalue weighted by Crippen LogP contribution is 2.17. The first-order valence-corrected chi connectivity index (χ1v) is 17.9. The molecular weight excluding hydrogens is 496 g/mol. The molecule has 0 fully saturated rings. The first-order valence-electron chi connectivity index (χ1n) is 17.9. The second-order valence-electron chi connectivity index (χ2n) is 11.9. The van der Waals surface area contributed by atoms with Crippen LogP contribution in [0.2, 0.25) is 0 Å². The Morgan fingerprint density at radius 2 is 0.825 bits per heavy atom. The fourth-order valence-electron chi connectivity index (χ4n) is 5.25. The van der Waals surface area contributed by atoms with Crippen LogP contribution in [0.25, 0.3) is 0 Å². The lowest BCUT2D eigenvalue weighted by molar-refractivity contribution is -0.143. The van der Waals surface area contributed by atoms with E-state index in [2.05, 4.69) is 13.8 Å². The molecule has 0 radical (unpaired) electrons. The van der Waals surface area contributed by atoms with E-state index in [0.717, 1.165) is 25.7 Å². The molecule has 0 bridgehead atoms. The molecule has 0 aliphatic heterocycles. The van der Waals surface area contributed by atoms with Gasteiger partial charge in [-0.1, -0.05) is 175 Å². The van der Waals surface area contributed by atoms with Crippen LogP contribution in [0.1, 0.15) is 207 Å². The van der Waals surface area contributed by atoms with Gasteiger partial charge in [-0.25, -0.2) is 0 Å². The number of aliphatic carboxylic acids is 1. The minimum absolute atomic E-state index is 0.0319. The SMILES string of the molecule is CCCCCCCCCCCCCCC(CC)C(=O)O.CCCCCCCCCCCCCCCC(=O)OCC. The maximum absolute atomic E-state index is 11.1. The highest BCUT2D eigenvalue weighted by molar-refractivity contribution is 5.69. The number of carbonyl (C=O) groups excluding carboxylic acids is 1. The molecule has 40 heavy (non-hydrogen) atoms. The van der Waals surface area contributed by atoms with Crippen molar-refractivity contribution in [2.45, 2.75) is 207 Å². The van der Waals surface area contributed by atoms with E-state index in [4.69, 9.17) is 9.84 Å². The minimum Gasteiger partial charge on any atom is -0.481 e. The van der Waals surface area contributed by atoms with E-state index in [0.29, 0.717) is 13.0 Å². The second kappa shape index (κ2) is 36.0. The Hall–Kier alpha value is -1.06. The van der Waals surface area contributed by atoms with E-state index in [1.54, 1.807) is 0 Å². The molecule has 1 unspecified atom stereocenters. The number of carbonyl (C=O) groups is 2. The van der Waals surface area contributed by atoms with Crippen LogP contribution in [0.15, 0.2) is 0 Å². The van der Waals surface area contributed by atoms with Crippen LogP contribution in [0.4, 0.5) is 0 Å². The summed E-state index contributed by atoms with van der Waals surface area (Å²) in [6.07, 6.45) is 35.7. The molecule has 0 aromatic rings. The summed E-state index contributed by atoms with van der Waals surface area (Å²) < 4.78 is 4.91. The van der Waals surface area contributed by atoms with E-state index in [1.807, 2.05) is 13.8 Å². The first kappa shape index (κ1) is 41.1. The van der Waals surface area contributed by atoms with Gasteiger partial charge in [0.25, 0.3) is 0 Å². The number of esters is 1. The maximum atomic E-state index is 11.1. The van der Waals surface area contributed by atoms with Gasteiger partial charge in [-0.15, -0.1) is 0 Å². The van der Waals surface area contributed by atoms with Gasteiger partial charge in [0.2, 0.25) is 0 Å². The highest BCUT2D eigenvalue weighted by Gasteiger charge is 2.13. The molecule has 0 aromatic heterocycles. The van der Waals surface area contributed by atoms with E-state index >= 15 is 0 Å². The summed E-state index contributed by atoms with van der Waals surface area (Å²) in [5.41, 5.74) is 0. The summed E-state index contributed by atoms with van der Waals surface area (Å²) in [7, 11) is 0. The number of ether oxygens (including phenoxy) is 1. The summed E-state index contributed by atoms with van der Waals surface area (Å²) in [6, 6.07) is 0. The van der Waals surface area contributed by atoms with Crippen molar-refractivity contribution in [3.05, 3.63) is 0 Å². The van der Waals surface area contributed by atoms with Gasteiger partial charge in [-0.3, -0.25) is 9.59 Å². The third-order valence-electron chi connectivity index (χ3n) is 8.04. The number of hydrogen-bond acceptors (Lipinski definition) is 3. The lowest BCUT2D eigenvalue weighted by atomic mass is 9.98. The van der Waals surface area contributed by atoms with Crippen molar-refractivity contribution in [3.8, 4) is 0 Å². The predicted molar refractivity (Wildman–Crippen MR) is 174 cm³/mol. The minimum atomic E-state index is -0.615. The molecule has 0 amide bonds. The molecule has 0 spiro atoms. The average Bonchev–Trinajstić information content (AvgIpc) is 2.94. The molecule has 0 aromatic carbocycles. The first-order chi connectivity index (χ1) is 19.5. The topological polar surface area (TPSA) is 63.6 Å². The maximum Gasteiger partial charge on any atom is 0.306 e. The predicted octanol–water partition coefficient (Wildman–Crippen LogP) is 12.2. The van der Waals surface area contributed by atoms with Crippen LogP contribution in [-0.2, 0) is 14.3 Å². The van der Waals surface area contributed by atoms with Crippen LogP contribution in [0.3, 0.4) is 0 Å². The molecule has 240 valence electrons.